The van der Waals surface area contributed by atoms with Crippen molar-refractivity contribution in [1.82, 2.24) is 20.6 Å². The van der Waals surface area contributed by atoms with E-state index in [2.05, 4.69) is 20.6 Å². The maximum atomic E-state index is 12.6. The highest BCUT2D eigenvalue weighted by Crippen LogP contribution is 2.04. The van der Waals surface area contributed by atoms with Crippen LogP contribution in [-0.4, -0.2) is 63.6 Å². The van der Waals surface area contributed by atoms with Crippen LogP contribution in [0.1, 0.15) is 45.2 Å². The Bertz CT molecular complexity index is 678. The molecule has 3 unspecified atom stereocenters. The van der Waals surface area contributed by atoms with E-state index in [0.29, 0.717) is 18.5 Å². The van der Waals surface area contributed by atoms with Gasteiger partial charge in [0.2, 0.25) is 11.8 Å². The second kappa shape index (κ2) is 12.5. The Labute approximate surface area is 168 Å². The average Bonchev–Trinajstić information content (AvgIpc) is 3.18. The van der Waals surface area contributed by atoms with Gasteiger partial charge in [-0.05, 0) is 12.8 Å². The summed E-state index contributed by atoms with van der Waals surface area (Å²) in [6, 6.07) is -3.35. The number of hydrogen-bond acceptors (Lipinski definition) is 7. The number of H-pyrrole nitrogens is 1. The highest BCUT2D eigenvalue weighted by Gasteiger charge is 2.28. The second-order valence-corrected chi connectivity index (χ2v) is 6.56. The molecule has 1 rings (SSSR count). The monoisotopic (exact) mass is 411 g/mol. The number of aromatic nitrogens is 2. The Morgan fingerprint density at radius 2 is 1.86 bits per heavy atom. The zero-order valence-corrected chi connectivity index (χ0v) is 16.6. The molecule has 11 heteroatoms. The number of ether oxygens (including phenoxy) is 1. The first-order chi connectivity index (χ1) is 13.8. The topological polar surface area (TPSA) is 176 Å². The molecule has 0 fully saturated rings. The van der Waals surface area contributed by atoms with Crippen molar-refractivity contribution in [2.75, 3.05) is 6.61 Å². The third-order valence-electron chi connectivity index (χ3n) is 3.99. The lowest BCUT2D eigenvalue weighted by molar-refractivity contribution is -0.146. The largest absolute Gasteiger partial charge is 0.480 e. The molecule has 0 saturated heterocycles. The summed E-state index contributed by atoms with van der Waals surface area (Å²) in [4.78, 5) is 54.5. The lowest BCUT2D eigenvalue weighted by Crippen LogP contribution is -2.55. The standard InChI is InChI=1S/C18H29N5O6/c1-3-5-13(22-16(25)12(19)8-15(24)29-6-4-2)17(26)23-14(18(27)28)7-11-9-20-10-21-11/h9-10,12-14H,3-8,19H2,1-2H3,(H,20,21)(H,22,25)(H,23,26)(H,27,28). The zero-order valence-electron chi connectivity index (χ0n) is 16.6. The van der Waals surface area contributed by atoms with E-state index in [1.54, 1.807) is 0 Å². The van der Waals surface area contributed by atoms with E-state index < -0.39 is 41.9 Å². The lowest BCUT2D eigenvalue weighted by atomic mass is 10.1. The summed E-state index contributed by atoms with van der Waals surface area (Å²) in [5.74, 6) is -3.15. The van der Waals surface area contributed by atoms with Crippen LogP contribution in [0.25, 0.3) is 0 Å². The number of amides is 2. The van der Waals surface area contributed by atoms with Gasteiger partial charge in [0.05, 0.1) is 25.4 Å². The van der Waals surface area contributed by atoms with Crippen LogP contribution < -0.4 is 16.4 Å². The molecule has 6 N–H and O–H groups in total. The first kappa shape index (κ1) is 24.1. The fourth-order valence-corrected chi connectivity index (χ4v) is 2.47. The maximum absolute atomic E-state index is 12.6. The molecule has 2 amide bonds. The molecule has 1 aromatic heterocycles. The van der Waals surface area contributed by atoms with Crippen molar-refractivity contribution in [3.8, 4) is 0 Å². The molecule has 0 radical (unpaired) electrons. The van der Waals surface area contributed by atoms with Crippen molar-refractivity contribution < 1.29 is 29.0 Å². The first-order valence-electron chi connectivity index (χ1n) is 9.50. The van der Waals surface area contributed by atoms with Crippen LogP contribution >= 0.6 is 0 Å². The number of imidazole rings is 1. The molecule has 0 aliphatic rings. The van der Waals surface area contributed by atoms with Gasteiger partial charge in [-0.2, -0.15) is 0 Å². The van der Waals surface area contributed by atoms with Crippen molar-refractivity contribution >= 4 is 23.8 Å². The zero-order chi connectivity index (χ0) is 21.8. The average molecular weight is 411 g/mol. The predicted octanol–water partition coefficient (Wildman–Crippen LogP) is -0.523. The summed E-state index contributed by atoms with van der Waals surface area (Å²) in [5.41, 5.74) is 6.27. The van der Waals surface area contributed by atoms with E-state index in [9.17, 15) is 24.3 Å². The predicted molar refractivity (Wildman–Crippen MR) is 103 cm³/mol. The van der Waals surface area contributed by atoms with Gasteiger partial charge in [-0.3, -0.25) is 14.4 Å². The van der Waals surface area contributed by atoms with Gasteiger partial charge in [-0.25, -0.2) is 9.78 Å². The minimum absolute atomic E-state index is 0.0106. The summed E-state index contributed by atoms with van der Waals surface area (Å²) in [6.07, 6.45) is 4.05. The Hall–Kier alpha value is -2.95. The van der Waals surface area contributed by atoms with Gasteiger partial charge in [0.25, 0.3) is 0 Å². The molecule has 0 saturated carbocycles. The number of nitrogens with one attached hydrogen (secondary N) is 3. The molecule has 0 bridgehead atoms. The minimum Gasteiger partial charge on any atom is -0.480 e. The molecule has 0 spiro atoms. The normalized spacial score (nSPS) is 13.8. The Balaban J connectivity index is 2.68. The van der Waals surface area contributed by atoms with Crippen LogP contribution in [0.3, 0.4) is 0 Å². The SMILES string of the molecule is CCCOC(=O)CC(N)C(=O)NC(CCC)C(=O)NC(Cc1cnc[nH]1)C(=O)O. The van der Waals surface area contributed by atoms with Crippen molar-refractivity contribution in [2.24, 2.45) is 5.73 Å². The van der Waals surface area contributed by atoms with E-state index in [1.807, 2.05) is 13.8 Å². The van der Waals surface area contributed by atoms with Crippen LogP contribution in [0.4, 0.5) is 0 Å². The van der Waals surface area contributed by atoms with E-state index in [1.165, 1.54) is 12.5 Å². The third kappa shape index (κ3) is 8.73. The molecule has 162 valence electrons. The van der Waals surface area contributed by atoms with E-state index >= 15 is 0 Å². The van der Waals surface area contributed by atoms with Crippen LogP contribution in [0.15, 0.2) is 12.5 Å². The fraction of sp³-hybridized carbons (Fsp3) is 0.611. The number of carbonyl (C=O) groups excluding carboxylic acids is 3. The molecule has 0 aliphatic heterocycles. The highest BCUT2D eigenvalue weighted by molar-refractivity contribution is 5.93. The maximum Gasteiger partial charge on any atom is 0.326 e. The summed E-state index contributed by atoms with van der Waals surface area (Å²) < 4.78 is 4.89. The fourth-order valence-electron chi connectivity index (χ4n) is 2.47. The van der Waals surface area contributed by atoms with Gasteiger partial charge in [0.1, 0.15) is 12.1 Å². The summed E-state index contributed by atoms with van der Waals surface area (Å²) in [7, 11) is 0. The Morgan fingerprint density at radius 3 is 2.41 bits per heavy atom. The van der Waals surface area contributed by atoms with Gasteiger partial charge in [-0.1, -0.05) is 20.3 Å². The van der Waals surface area contributed by atoms with Crippen LogP contribution in [0.5, 0.6) is 0 Å². The molecular formula is C18H29N5O6. The van der Waals surface area contributed by atoms with Gasteiger partial charge in [0.15, 0.2) is 0 Å². The number of nitrogens with two attached hydrogens (primary N) is 1. The van der Waals surface area contributed by atoms with Crippen molar-refractivity contribution in [3.05, 3.63) is 18.2 Å². The van der Waals surface area contributed by atoms with Gasteiger partial charge >= 0.3 is 11.9 Å². The third-order valence-corrected chi connectivity index (χ3v) is 3.99. The molecule has 29 heavy (non-hydrogen) atoms. The molecule has 1 heterocycles. The minimum atomic E-state index is -1.22. The van der Waals surface area contributed by atoms with E-state index in [4.69, 9.17) is 10.5 Å². The molecular weight excluding hydrogens is 382 g/mol. The van der Waals surface area contributed by atoms with Gasteiger partial charge < -0.3 is 31.2 Å². The molecule has 3 atom stereocenters. The van der Waals surface area contributed by atoms with Crippen LogP contribution in [-0.2, 0) is 30.3 Å². The number of aromatic amines is 1. The number of aliphatic carboxylic acids is 1. The van der Waals surface area contributed by atoms with Crippen LogP contribution in [0, 0.1) is 0 Å². The number of carbonyl (C=O) groups is 4. The Kier molecular flexibility index (Phi) is 10.4. The van der Waals surface area contributed by atoms with E-state index in [0.717, 1.165) is 0 Å². The molecule has 11 nitrogen and oxygen atoms in total. The van der Waals surface area contributed by atoms with Crippen molar-refractivity contribution in [2.45, 2.75) is 64.1 Å². The highest BCUT2D eigenvalue weighted by atomic mass is 16.5. The Morgan fingerprint density at radius 1 is 1.17 bits per heavy atom. The first-order valence-corrected chi connectivity index (χ1v) is 9.50. The van der Waals surface area contributed by atoms with Crippen molar-refractivity contribution in [3.63, 3.8) is 0 Å². The van der Waals surface area contributed by atoms with E-state index in [-0.39, 0.29) is 25.9 Å². The second-order valence-electron chi connectivity index (χ2n) is 6.56. The van der Waals surface area contributed by atoms with Gasteiger partial charge in [-0.15, -0.1) is 0 Å². The lowest BCUT2D eigenvalue weighted by Gasteiger charge is -2.22. The molecule has 0 aromatic carbocycles. The number of carboxylic acids is 1. The summed E-state index contributed by atoms with van der Waals surface area (Å²) in [6.45, 7) is 3.89. The van der Waals surface area contributed by atoms with Crippen molar-refractivity contribution in [1.29, 1.82) is 0 Å². The number of carboxylic acid groups (broad SMARTS) is 1. The number of esters is 1. The molecule has 1 aromatic rings. The number of hydrogen-bond donors (Lipinski definition) is 5. The quantitative estimate of drug-likeness (QED) is 0.269. The number of nitrogens with zero attached hydrogens (tertiary/aromatic N) is 1. The summed E-state index contributed by atoms with van der Waals surface area (Å²) in [5, 5.41) is 14.3. The molecule has 0 aliphatic carbocycles. The van der Waals surface area contributed by atoms with Gasteiger partial charge in [0, 0.05) is 18.3 Å². The number of rotatable bonds is 13. The summed E-state index contributed by atoms with van der Waals surface area (Å²) >= 11 is 0. The van der Waals surface area contributed by atoms with Crippen LogP contribution in [0.2, 0.25) is 0 Å². The smallest absolute Gasteiger partial charge is 0.326 e.